The van der Waals surface area contributed by atoms with Gasteiger partial charge in [-0.3, -0.25) is 9.13 Å². The zero-order chi connectivity index (χ0) is 11.4. The molecule has 0 saturated carbocycles. The fourth-order valence-corrected chi connectivity index (χ4v) is 3.03. The molecule has 0 radical (unpaired) electrons. The maximum absolute atomic E-state index is 11.3. The van der Waals surface area contributed by atoms with Crippen LogP contribution in [-0.2, 0) is 9.13 Å². The van der Waals surface area contributed by atoms with Gasteiger partial charge in [-0.25, -0.2) is 0 Å². The first kappa shape index (κ1) is 14.1. The van der Waals surface area contributed by atoms with Crippen LogP contribution < -0.4 is 0 Å². The average Bonchev–Trinajstić information content (AvgIpc) is 2.01. The van der Waals surface area contributed by atoms with E-state index in [2.05, 4.69) is 0 Å². The van der Waals surface area contributed by atoms with Gasteiger partial charge >= 0.3 is 0 Å². The van der Waals surface area contributed by atoms with Gasteiger partial charge in [-0.05, 0) is 13.3 Å². The summed E-state index contributed by atoms with van der Waals surface area (Å²) >= 11 is 0. The van der Waals surface area contributed by atoms with Crippen molar-refractivity contribution < 1.29 is 24.0 Å². The van der Waals surface area contributed by atoms with Gasteiger partial charge in [0.2, 0.25) is 0 Å². The quantitative estimate of drug-likeness (QED) is 0.500. The summed E-state index contributed by atoms with van der Waals surface area (Å²) in [6.45, 7) is 2.45. The Kier molecular flexibility index (Phi) is 5.27. The lowest BCUT2D eigenvalue weighted by atomic mass is 10.3. The minimum absolute atomic E-state index is 0.112. The maximum Gasteiger partial charge on any atom is 0.281 e. The molecule has 0 rings (SSSR count). The lowest BCUT2D eigenvalue weighted by Crippen LogP contribution is -1.90. The van der Waals surface area contributed by atoms with Crippen molar-refractivity contribution in [1.29, 1.82) is 0 Å². The molecule has 0 aromatic carbocycles. The summed E-state index contributed by atoms with van der Waals surface area (Å²) in [6, 6.07) is 0. The Morgan fingerprint density at radius 2 is 1.86 bits per heavy atom. The third-order valence-electron chi connectivity index (χ3n) is 1.74. The molecule has 0 fully saturated rings. The topological polar surface area (TPSA) is 94.8 Å². The molecule has 0 aliphatic carbocycles. The standard InChI is InChI=1S/C7H16O5P2/c1-7(6-8)4-3-5-14(11,12)13(2,9)10/h4,8H,3,5-6H2,1-2H3,(H,9,10)(H,11,12)/b7-4+. The minimum Gasteiger partial charge on any atom is -0.392 e. The van der Waals surface area contributed by atoms with E-state index in [9.17, 15) is 14.0 Å². The van der Waals surface area contributed by atoms with E-state index in [-0.39, 0.29) is 19.2 Å². The lowest BCUT2D eigenvalue weighted by Gasteiger charge is -2.13. The van der Waals surface area contributed by atoms with Crippen LogP contribution in [0.3, 0.4) is 0 Å². The van der Waals surface area contributed by atoms with Crippen molar-refractivity contribution in [1.82, 2.24) is 0 Å². The van der Waals surface area contributed by atoms with Crippen LogP contribution >= 0.6 is 14.1 Å². The molecule has 0 saturated heterocycles. The first-order chi connectivity index (χ1) is 6.20. The summed E-state index contributed by atoms with van der Waals surface area (Å²) in [6.07, 6.45) is 1.58. The summed E-state index contributed by atoms with van der Waals surface area (Å²) in [5.74, 6) is 0. The van der Waals surface area contributed by atoms with Gasteiger partial charge < -0.3 is 14.9 Å². The Labute approximate surface area is 83.3 Å². The van der Waals surface area contributed by atoms with E-state index >= 15 is 0 Å². The second kappa shape index (κ2) is 5.24. The van der Waals surface area contributed by atoms with Crippen molar-refractivity contribution in [2.24, 2.45) is 0 Å². The fraction of sp³-hybridized carbons (Fsp3) is 0.714. The molecule has 0 spiro atoms. The van der Waals surface area contributed by atoms with Crippen molar-refractivity contribution >= 4 is 14.1 Å². The predicted molar refractivity (Wildman–Crippen MR) is 55.9 cm³/mol. The monoisotopic (exact) mass is 242 g/mol. The van der Waals surface area contributed by atoms with Gasteiger partial charge in [0.05, 0.1) is 6.61 Å². The van der Waals surface area contributed by atoms with Gasteiger partial charge in [-0.1, -0.05) is 11.6 Å². The number of aliphatic hydroxyl groups is 1. The van der Waals surface area contributed by atoms with Gasteiger partial charge in [0.25, 0.3) is 14.1 Å². The minimum atomic E-state index is -3.96. The summed E-state index contributed by atoms with van der Waals surface area (Å²) in [5.41, 5.74) is 0.675. The highest BCUT2D eigenvalue weighted by Crippen LogP contribution is 2.74. The molecule has 0 aliphatic heterocycles. The Balaban J connectivity index is 4.29. The van der Waals surface area contributed by atoms with E-state index in [1.165, 1.54) is 0 Å². The van der Waals surface area contributed by atoms with Crippen LogP contribution in [0.25, 0.3) is 0 Å². The second-order valence-corrected chi connectivity index (χ2v) is 10.8. The van der Waals surface area contributed by atoms with Crippen LogP contribution in [0.15, 0.2) is 11.6 Å². The van der Waals surface area contributed by atoms with Crippen LogP contribution in [0.1, 0.15) is 13.3 Å². The van der Waals surface area contributed by atoms with Crippen molar-refractivity contribution in [2.75, 3.05) is 19.4 Å². The van der Waals surface area contributed by atoms with Crippen LogP contribution in [-0.4, -0.2) is 34.3 Å². The third-order valence-corrected chi connectivity index (χ3v) is 7.82. The summed E-state index contributed by atoms with van der Waals surface area (Å²) in [7, 11) is -7.88. The molecule has 0 heterocycles. The van der Waals surface area contributed by atoms with E-state index in [1.807, 2.05) is 0 Å². The molecule has 14 heavy (non-hydrogen) atoms. The fourth-order valence-electron chi connectivity index (χ4n) is 0.729. The smallest absolute Gasteiger partial charge is 0.281 e. The molecule has 84 valence electrons. The van der Waals surface area contributed by atoms with Gasteiger partial charge in [-0.15, -0.1) is 0 Å². The van der Waals surface area contributed by atoms with Gasteiger partial charge in [0.15, 0.2) is 0 Å². The van der Waals surface area contributed by atoms with E-state index in [0.717, 1.165) is 6.66 Å². The molecule has 0 aromatic heterocycles. The van der Waals surface area contributed by atoms with Crippen LogP contribution in [0.5, 0.6) is 0 Å². The van der Waals surface area contributed by atoms with Gasteiger partial charge in [-0.2, -0.15) is 0 Å². The SMILES string of the molecule is C/C(=C\CCP(=O)(O)P(C)(=O)O)CO. The first-order valence-electron chi connectivity index (χ1n) is 4.10. The molecule has 7 heteroatoms. The highest BCUT2D eigenvalue weighted by Gasteiger charge is 2.35. The Morgan fingerprint density at radius 1 is 1.36 bits per heavy atom. The highest BCUT2D eigenvalue weighted by molar-refractivity contribution is 8.30. The van der Waals surface area contributed by atoms with E-state index in [4.69, 9.17) is 10.00 Å². The van der Waals surface area contributed by atoms with Crippen molar-refractivity contribution in [3.8, 4) is 0 Å². The number of hydrogen-bond acceptors (Lipinski definition) is 3. The largest absolute Gasteiger partial charge is 0.392 e. The Bertz CT molecular complexity index is 303. The van der Waals surface area contributed by atoms with Crippen molar-refractivity contribution in [3.05, 3.63) is 11.6 Å². The molecule has 3 N–H and O–H groups in total. The van der Waals surface area contributed by atoms with Crippen LogP contribution in [0.4, 0.5) is 0 Å². The molecule has 2 unspecified atom stereocenters. The molecular weight excluding hydrogens is 226 g/mol. The van der Waals surface area contributed by atoms with Gasteiger partial charge in [0, 0.05) is 12.8 Å². The summed E-state index contributed by atoms with van der Waals surface area (Å²) in [5, 5.41) is 8.62. The molecule has 2 atom stereocenters. The molecule has 5 nitrogen and oxygen atoms in total. The molecular formula is C7H16O5P2. The predicted octanol–water partition coefficient (Wildman–Crippen LogP) is 1.40. The third kappa shape index (κ3) is 4.54. The van der Waals surface area contributed by atoms with E-state index < -0.39 is 14.1 Å². The average molecular weight is 242 g/mol. The van der Waals surface area contributed by atoms with Gasteiger partial charge in [0.1, 0.15) is 0 Å². The molecule has 0 aliphatic rings. The molecule has 0 amide bonds. The molecule has 0 aromatic rings. The molecule has 0 bridgehead atoms. The highest BCUT2D eigenvalue weighted by atomic mass is 32.1. The summed E-state index contributed by atoms with van der Waals surface area (Å²) in [4.78, 5) is 18.1. The number of rotatable bonds is 5. The normalized spacial score (nSPS) is 21.4. The Morgan fingerprint density at radius 3 is 2.21 bits per heavy atom. The number of allylic oxidation sites excluding steroid dienone is 1. The maximum atomic E-state index is 11.3. The van der Waals surface area contributed by atoms with Crippen molar-refractivity contribution in [3.63, 3.8) is 0 Å². The second-order valence-electron chi connectivity index (χ2n) is 3.22. The zero-order valence-electron chi connectivity index (χ0n) is 8.25. The van der Waals surface area contributed by atoms with E-state index in [0.29, 0.717) is 5.57 Å². The number of aliphatic hydroxyl groups excluding tert-OH is 1. The lowest BCUT2D eigenvalue weighted by molar-refractivity contribution is 0.331. The van der Waals surface area contributed by atoms with Crippen LogP contribution in [0.2, 0.25) is 0 Å². The Hall–Kier alpha value is 0.0800. The van der Waals surface area contributed by atoms with Crippen LogP contribution in [0, 0.1) is 0 Å². The number of hydrogen-bond donors (Lipinski definition) is 3. The summed E-state index contributed by atoms with van der Waals surface area (Å²) < 4.78 is 22.2. The zero-order valence-corrected chi connectivity index (χ0v) is 10.0. The van der Waals surface area contributed by atoms with Crippen molar-refractivity contribution in [2.45, 2.75) is 13.3 Å². The first-order valence-corrected chi connectivity index (χ1v) is 8.75. The van der Waals surface area contributed by atoms with E-state index in [1.54, 1.807) is 13.0 Å².